The predicted molar refractivity (Wildman–Crippen MR) is 118 cm³/mol. The average Bonchev–Trinajstić information content (AvgIpc) is 3.44. The summed E-state index contributed by atoms with van der Waals surface area (Å²) in [6.45, 7) is 0. The summed E-state index contributed by atoms with van der Waals surface area (Å²) < 4.78 is 9.01. The number of carbonyl (C=O) groups is 1. The van der Waals surface area contributed by atoms with E-state index in [0.29, 0.717) is 22.8 Å². The molecule has 3 aromatic heterocycles. The Balaban J connectivity index is 1.66. The molecule has 0 spiro atoms. The Kier molecular flexibility index (Phi) is 4.64. The molecule has 162 valence electrons. The van der Waals surface area contributed by atoms with Crippen LogP contribution in [0.4, 0.5) is 0 Å². The van der Waals surface area contributed by atoms with Crippen molar-refractivity contribution >= 4 is 5.91 Å². The molecule has 0 aliphatic carbocycles. The number of amides is 1. The molecule has 1 atom stereocenters. The molecule has 0 fully saturated rings. The first-order valence-electron chi connectivity index (χ1n) is 9.98. The number of pyridine rings is 1. The van der Waals surface area contributed by atoms with E-state index in [1.807, 2.05) is 36.4 Å². The van der Waals surface area contributed by atoms with E-state index in [4.69, 9.17) is 16.2 Å². The summed E-state index contributed by atoms with van der Waals surface area (Å²) in [5.41, 5.74) is 15.6. The van der Waals surface area contributed by atoms with E-state index >= 15 is 0 Å². The topological polar surface area (TPSA) is 151 Å². The number of aryl methyl sites for hydroxylation is 1. The van der Waals surface area contributed by atoms with Crippen LogP contribution < -0.4 is 16.2 Å². The lowest BCUT2D eigenvalue weighted by Crippen LogP contribution is -2.22. The number of nitrogens with zero attached hydrogens (tertiary/aromatic N) is 6. The number of ether oxygens (including phenoxy) is 1. The standard InChI is InChI=1S/C23H18N8O2/c1-30-23-18(19(29-30)14-6-8-27-9-7-14)17(16(12-24)21(26)33-23)13-2-4-15(5-3-13)31-11-10-28-22(31)20(25)32/h2-11,17H,26H2,1H3,(H2,25,32). The number of rotatable bonds is 4. The van der Waals surface area contributed by atoms with Crippen molar-refractivity contribution in [3.05, 3.63) is 89.6 Å². The number of fused-ring (bicyclic) bond motifs is 1. The number of aromatic nitrogens is 5. The van der Waals surface area contributed by atoms with Crippen molar-refractivity contribution in [3.8, 4) is 28.9 Å². The third-order valence-corrected chi connectivity index (χ3v) is 5.52. The molecule has 1 amide bonds. The first-order chi connectivity index (χ1) is 16.0. The zero-order chi connectivity index (χ0) is 23.1. The number of benzene rings is 1. The van der Waals surface area contributed by atoms with Gasteiger partial charge >= 0.3 is 0 Å². The first kappa shape index (κ1) is 20.0. The van der Waals surface area contributed by atoms with Crippen LogP contribution in [-0.4, -0.2) is 30.2 Å². The molecule has 10 heteroatoms. The Bertz CT molecular complexity index is 1440. The van der Waals surface area contributed by atoms with E-state index in [1.165, 1.54) is 6.20 Å². The minimum Gasteiger partial charge on any atom is -0.422 e. The highest BCUT2D eigenvalue weighted by Crippen LogP contribution is 2.46. The van der Waals surface area contributed by atoms with Crippen molar-refractivity contribution in [1.82, 2.24) is 24.3 Å². The molecule has 0 radical (unpaired) electrons. The Morgan fingerprint density at radius 3 is 2.55 bits per heavy atom. The predicted octanol–water partition coefficient (Wildman–Crippen LogP) is 1.98. The molecule has 33 heavy (non-hydrogen) atoms. The van der Waals surface area contributed by atoms with Gasteiger partial charge < -0.3 is 16.2 Å². The fourth-order valence-corrected chi connectivity index (χ4v) is 4.05. The highest BCUT2D eigenvalue weighted by Gasteiger charge is 2.36. The van der Waals surface area contributed by atoms with Crippen molar-refractivity contribution in [2.45, 2.75) is 5.92 Å². The summed E-state index contributed by atoms with van der Waals surface area (Å²) in [7, 11) is 1.76. The molecule has 1 aromatic carbocycles. The molecule has 0 saturated carbocycles. The minimum absolute atomic E-state index is 0.0361. The zero-order valence-corrected chi connectivity index (χ0v) is 17.5. The third kappa shape index (κ3) is 3.19. The number of nitriles is 1. The van der Waals surface area contributed by atoms with Crippen LogP contribution in [0.3, 0.4) is 0 Å². The second kappa shape index (κ2) is 7.65. The van der Waals surface area contributed by atoms with Crippen LogP contribution in [0.15, 0.2) is 72.6 Å². The van der Waals surface area contributed by atoms with Gasteiger partial charge in [-0.05, 0) is 29.8 Å². The quantitative estimate of drug-likeness (QED) is 0.494. The molecule has 4 N–H and O–H groups in total. The van der Waals surface area contributed by atoms with E-state index in [9.17, 15) is 10.1 Å². The first-order valence-corrected chi connectivity index (χ1v) is 9.98. The van der Waals surface area contributed by atoms with Gasteiger partial charge in [-0.25, -0.2) is 9.67 Å². The fourth-order valence-electron chi connectivity index (χ4n) is 4.05. The smallest absolute Gasteiger partial charge is 0.285 e. The van der Waals surface area contributed by atoms with Crippen LogP contribution >= 0.6 is 0 Å². The van der Waals surface area contributed by atoms with E-state index in [0.717, 1.165) is 16.7 Å². The molecular weight excluding hydrogens is 420 g/mol. The van der Waals surface area contributed by atoms with E-state index in [-0.39, 0.29) is 11.7 Å². The van der Waals surface area contributed by atoms with Gasteiger partial charge in [-0.15, -0.1) is 0 Å². The highest BCUT2D eigenvalue weighted by molar-refractivity contribution is 5.89. The second-order valence-corrected chi connectivity index (χ2v) is 7.43. The molecule has 0 bridgehead atoms. The molecular formula is C23H18N8O2. The zero-order valence-electron chi connectivity index (χ0n) is 17.5. The van der Waals surface area contributed by atoms with Crippen molar-refractivity contribution in [2.75, 3.05) is 0 Å². The SMILES string of the molecule is Cn1nc(-c2ccncc2)c2c1OC(N)=C(C#N)C2c1ccc(-n2ccnc2C(N)=O)cc1. The Morgan fingerprint density at radius 1 is 1.15 bits per heavy atom. The third-order valence-electron chi connectivity index (χ3n) is 5.52. The summed E-state index contributed by atoms with van der Waals surface area (Å²) in [4.78, 5) is 19.7. The van der Waals surface area contributed by atoms with Crippen LogP contribution in [0, 0.1) is 11.3 Å². The maximum atomic E-state index is 11.7. The van der Waals surface area contributed by atoms with Gasteiger partial charge in [-0.1, -0.05) is 12.1 Å². The van der Waals surface area contributed by atoms with Gasteiger partial charge in [-0.3, -0.25) is 14.3 Å². The number of hydrogen-bond acceptors (Lipinski definition) is 7. The van der Waals surface area contributed by atoms with E-state index < -0.39 is 11.8 Å². The van der Waals surface area contributed by atoms with E-state index in [1.54, 1.807) is 34.9 Å². The average molecular weight is 438 g/mol. The van der Waals surface area contributed by atoms with E-state index in [2.05, 4.69) is 21.1 Å². The van der Waals surface area contributed by atoms with Crippen LogP contribution in [0.2, 0.25) is 0 Å². The van der Waals surface area contributed by atoms with Gasteiger partial charge in [0.25, 0.3) is 5.91 Å². The molecule has 4 aromatic rings. The Labute approximate surface area is 188 Å². The van der Waals surface area contributed by atoms with Gasteiger partial charge in [0.1, 0.15) is 17.3 Å². The summed E-state index contributed by atoms with van der Waals surface area (Å²) >= 11 is 0. The molecule has 0 saturated heterocycles. The molecule has 5 rings (SSSR count). The Hall–Kier alpha value is -4.91. The number of imidazole rings is 1. The summed E-state index contributed by atoms with van der Waals surface area (Å²) in [6.07, 6.45) is 6.52. The number of primary amides is 1. The van der Waals surface area contributed by atoms with Crippen molar-refractivity contribution in [3.63, 3.8) is 0 Å². The summed E-state index contributed by atoms with van der Waals surface area (Å²) in [5, 5.41) is 14.6. The van der Waals surface area contributed by atoms with Gasteiger partial charge in [0.05, 0.1) is 11.5 Å². The van der Waals surface area contributed by atoms with Crippen molar-refractivity contribution < 1.29 is 9.53 Å². The summed E-state index contributed by atoms with van der Waals surface area (Å²) in [5.74, 6) is -0.488. The summed E-state index contributed by atoms with van der Waals surface area (Å²) in [6, 6.07) is 13.3. The lowest BCUT2D eigenvalue weighted by Gasteiger charge is -2.25. The number of hydrogen-bond donors (Lipinski definition) is 2. The van der Waals surface area contributed by atoms with Gasteiger partial charge in [-0.2, -0.15) is 10.4 Å². The molecule has 10 nitrogen and oxygen atoms in total. The minimum atomic E-state index is -0.627. The highest BCUT2D eigenvalue weighted by atomic mass is 16.5. The number of carbonyl (C=O) groups excluding carboxylic acids is 1. The fraction of sp³-hybridized carbons (Fsp3) is 0.0870. The van der Waals surface area contributed by atoms with Gasteiger partial charge in [0.2, 0.25) is 17.6 Å². The second-order valence-electron chi connectivity index (χ2n) is 7.43. The lowest BCUT2D eigenvalue weighted by molar-refractivity contribution is 0.0989. The molecule has 1 aliphatic rings. The largest absolute Gasteiger partial charge is 0.422 e. The van der Waals surface area contributed by atoms with Crippen molar-refractivity contribution in [2.24, 2.45) is 18.5 Å². The molecule has 1 unspecified atom stereocenters. The Morgan fingerprint density at radius 2 is 1.88 bits per heavy atom. The number of allylic oxidation sites excluding steroid dienone is 1. The molecule has 1 aliphatic heterocycles. The van der Waals surface area contributed by atoms with Gasteiger partial charge in [0.15, 0.2) is 0 Å². The van der Waals surface area contributed by atoms with Crippen LogP contribution in [-0.2, 0) is 7.05 Å². The van der Waals surface area contributed by atoms with Crippen LogP contribution in [0.5, 0.6) is 5.88 Å². The monoisotopic (exact) mass is 438 g/mol. The van der Waals surface area contributed by atoms with Crippen LogP contribution in [0.1, 0.15) is 27.7 Å². The normalized spacial score (nSPS) is 15.0. The number of nitrogens with two attached hydrogens (primary N) is 2. The maximum Gasteiger partial charge on any atom is 0.285 e. The van der Waals surface area contributed by atoms with Crippen LogP contribution in [0.25, 0.3) is 16.9 Å². The van der Waals surface area contributed by atoms with Gasteiger partial charge in [0, 0.05) is 43.1 Å². The molecule has 4 heterocycles. The maximum absolute atomic E-state index is 11.7. The lowest BCUT2D eigenvalue weighted by atomic mass is 9.83. The van der Waals surface area contributed by atoms with Crippen molar-refractivity contribution in [1.29, 1.82) is 5.26 Å².